The van der Waals surface area contributed by atoms with E-state index in [1.165, 1.54) is 0 Å². The van der Waals surface area contributed by atoms with Crippen LogP contribution in [-0.4, -0.2) is 13.7 Å². The summed E-state index contributed by atoms with van der Waals surface area (Å²) in [6, 6.07) is 5.16. The molecule has 15 heavy (non-hydrogen) atoms. The molecule has 0 heterocycles. The van der Waals surface area contributed by atoms with E-state index in [4.69, 9.17) is 21.9 Å². The van der Waals surface area contributed by atoms with E-state index in [9.17, 15) is 0 Å². The van der Waals surface area contributed by atoms with Gasteiger partial charge in [-0.3, -0.25) is 0 Å². The summed E-state index contributed by atoms with van der Waals surface area (Å²) in [4.78, 5) is 2.59. The van der Waals surface area contributed by atoms with Crippen LogP contribution in [0.2, 0.25) is 5.02 Å². The van der Waals surface area contributed by atoms with Gasteiger partial charge in [0.05, 0.1) is 19.2 Å². The van der Waals surface area contributed by atoms with Gasteiger partial charge >= 0.3 is 0 Å². The summed E-state index contributed by atoms with van der Waals surface area (Å²) in [6.45, 7) is 0.141. The highest BCUT2D eigenvalue weighted by Crippen LogP contribution is 2.21. The zero-order valence-corrected chi connectivity index (χ0v) is 8.82. The van der Waals surface area contributed by atoms with Crippen LogP contribution in [0, 0.1) is 11.8 Å². The van der Waals surface area contributed by atoms with Crippen molar-refractivity contribution >= 4 is 11.6 Å². The molecule has 0 fully saturated rings. The molecule has 0 atom stereocenters. The molecule has 4 nitrogen and oxygen atoms in total. The third kappa shape index (κ3) is 3.43. The molecule has 1 aromatic rings. The third-order valence-corrected chi connectivity index (χ3v) is 1.83. The summed E-state index contributed by atoms with van der Waals surface area (Å²) in [5, 5.41) is 3.89. The number of ether oxygens (including phenoxy) is 1. The van der Waals surface area contributed by atoms with Gasteiger partial charge in [-0.15, -0.1) is 0 Å². The molecule has 0 saturated carbocycles. The Hall–Kier alpha value is -1.82. The molecule has 0 bridgehead atoms. The second-order valence-corrected chi connectivity index (χ2v) is 2.97. The van der Waals surface area contributed by atoms with Gasteiger partial charge in [-0.05, 0) is 17.7 Å². The topological polar surface area (TPSA) is 58.0 Å². The number of azide groups is 1. The van der Waals surface area contributed by atoms with Crippen LogP contribution in [0.1, 0.15) is 5.56 Å². The third-order valence-electron chi connectivity index (χ3n) is 1.60. The number of benzene rings is 1. The van der Waals surface area contributed by atoms with Crippen molar-refractivity contribution in [1.82, 2.24) is 0 Å². The monoisotopic (exact) mass is 221 g/mol. The first-order valence-electron chi connectivity index (χ1n) is 4.11. The van der Waals surface area contributed by atoms with Gasteiger partial charge in [0.15, 0.2) is 0 Å². The highest BCUT2D eigenvalue weighted by atomic mass is 35.5. The maximum Gasteiger partial charge on any atom is 0.135 e. The standard InChI is InChI=1S/C10H8ClN3O/c1-15-10-7-9(11)5-4-8(10)3-2-6-13-14-12/h4-5,7H,6H2,1H3. The van der Waals surface area contributed by atoms with E-state index >= 15 is 0 Å². The lowest BCUT2D eigenvalue weighted by molar-refractivity contribution is 0.413. The van der Waals surface area contributed by atoms with Crippen molar-refractivity contribution in [2.75, 3.05) is 13.7 Å². The molecule has 0 aliphatic carbocycles. The molecule has 0 radical (unpaired) electrons. The SMILES string of the molecule is COc1cc(Cl)ccc1C#CCN=[N+]=[N-]. The number of methoxy groups -OCH3 is 1. The molecule has 0 saturated heterocycles. The molecule has 5 heteroatoms. The lowest BCUT2D eigenvalue weighted by atomic mass is 10.2. The van der Waals surface area contributed by atoms with Crippen LogP contribution in [0.3, 0.4) is 0 Å². The molecular weight excluding hydrogens is 214 g/mol. The van der Waals surface area contributed by atoms with Gasteiger partial charge in [0.1, 0.15) is 5.75 Å². The quantitative estimate of drug-likeness (QED) is 0.328. The fourth-order valence-electron chi connectivity index (χ4n) is 0.970. The molecule has 0 spiro atoms. The molecule has 1 rings (SSSR count). The normalized spacial score (nSPS) is 8.40. The first-order valence-corrected chi connectivity index (χ1v) is 4.49. The number of hydrogen-bond acceptors (Lipinski definition) is 2. The van der Waals surface area contributed by atoms with Gasteiger partial charge in [0.25, 0.3) is 0 Å². The number of halogens is 1. The highest BCUT2D eigenvalue weighted by Gasteiger charge is 1.99. The Labute approximate surface area is 92.4 Å². The first-order chi connectivity index (χ1) is 7.27. The molecule has 1 aromatic carbocycles. The molecule has 0 aliphatic heterocycles. The minimum Gasteiger partial charge on any atom is -0.495 e. The van der Waals surface area contributed by atoms with Crippen molar-refractivity contribution < 1.29 is 4.74 Å². The number of hydrogen-bond donors (Lipinski definition) is 0. The van der Waals surface area contributed by atoms with E-state index in [0.717, 1.165) is 5.56 Å². The fourth-order valence-corrected chi connectivity index (χ4v) is 1.13. The Bertz CT molecular complexity index is 455. The van der Waals surface area contributed by atoms with Crippen molar-refractivity contribution in [1.29, 1.82) is 0 Å². The average molecular weight is 222 g/mol. The van der Waals surface area contributed by atoms with Crippen LogP contribution in [-0.2, 0) is 0 Å². The summed E-state index contributed by atoms with van der Waals surface area (Å²) in [5.74, 6) is 6.14. The van der Waals surface area contributed by atoms with Gasteiger partial charge in [0.2, 0.25) is 0 Å². The summed E-state index contributed by atoms with van der Waals surface area (Å²) in [7, 11) is 1.55. The minimum atomic E-state index is 0.141. The van der Waals surface area contributed by atoms with Crippen LogP contribution in [0.25, 0.3) is 10.4 Å². The van der Waals surface area contributed by atoms with Crippen molar-refractivity contribution in [3.63, 3.8) is 0 Å². The van der Waals surface area contributed by atoms with Crippen molar-refractivity contribution in [2.24, 2.45) is 5.11 Å². The first kappa shape index (κ1) is 11.3. The maximum absolute atomic E-state index is 8.05. The van der Waals surface area contributed by atoms with E-state index in [1.807, 2.05) is 0 Å². The van der Waals surface area contributed by atoms with Crippen LogP contribution in [0.4, 0.5) is 0 Å². The molecule has 0 unspecified atom stereocenters. The molecule has 0 aromatic heterocycles. The zero-order valence-electron chi connectivity index (χ0n) is 8.07. The van der Waals surface area contributed by atoms with Crippen molar-refractivity contribution in [2.45, 2.75) is 0 Å². The second kappa shape index (κ2) is 5.82. The number of rotatable bonds is 2. The molecule has 0 aliphatic rings. The van der Waals surface area contributed by atoms with Crippen LogP contribution < -0.4 is 4.74 Å². The van der Waals surface area contributed by atoms with Gasteiger partial charge < -0.3 is 4.74 Å². The summed E-state index contributed by atoms with van der Waals surface area (Å²) in [6.07, 6.45) is 0. The number of nitrogens with zero attached hydrogens (tertiary/aromatic N) is 3. The minimum absolute atomic E-state index is 0.141. The lowest BCUT2D eigenvalue weighted by Gasteiger charge is -2.02. The van der Waals surface area contributed by atoms with Gasteiger partial charge in [-0.1, -0.05) is 28.6 Å². The van der Waals surface area contributed by atoms with E-state index in [2.05, 4.69) is 21.9 Å². The molecular formula is C10H8ClN3O. The Kier molecular flexibility index (Phi) is 4.36. The van der Waals surface area contributed by atoms with E-state index in [1.54, 1.807) is 25.3 Å². The zero-order chi connectivity index (χ0) is 11.1. The van der Waals surface area contributed by atoms with E-state index in [0.29, 0.717) is 10.8 Å². The highest BCUT2D eigenvalue weighted by molar-refractivity contribution is 6.30. The smallest absolute Gasteiger partial charge is 0.135 e. The Morgan fingerprint density at radius 1 is 1.60 bits per heavy atom. The second-order valence-electron chi connectivity index (χ2n) is 2.54. The Morgan fingerprint density at radius 2 is 2.40 bits per heavy atom. The largest absolute Gasteiger partial charge is 0.495 e. The van der Waals surface area contributed by atoms with Crippen molar-refractivity contribution in [3.05, 3.63) is 39.2 Å². The van der Waals surface area contributed by atoms with Crippen LogP contribution >= 0.6 is 11.6 Å². The van der Waals surface area contributed by atoms with Gasteiger partial charge in [-0.25, -0.2) is 0 Å². The average Bonchev–Trinajstić information content (AvgIpc) is 2.26. The van der Waals surface area contributed by atoms with Gasteiger partial charge in [-0.2, -0.15) is 0 Å². The van der Waals surface area contributed by atoms with Crippen molar-refractivity contribution in [3.8, 4) is 17.6 Å². The molecule has 76 valence electrons. The maximum atomic E-state index is 8.05. The van der Waals surface area contributed by atoms with Crippen LogP contribution in [0.15, 0.2) is 23.3 Å². The summed E-state index contributed by atoms with van der Waals surface area (Å²) < 4.78 is 5.09. The summed E-state index contributed by atoms with van der Waals surface area (Å²) >= 11 is 5.78. The summed E-state index contributed by atoms with van der Waals surface area (Å²) in [5.41, 5.74) is 8.77. The predicted octanol–water partition coefficient (Wildman–Crippen LogP) is 3.01. The molecule has 0 N–H and O–H groups in total. The van der Waals surface area contributed by atoms with E-state index < -0.39 is 0 Å². The van der Waals surface area contributed by atoms with Gasteiger partial charge in [0, 0.05) is 16.0 Å². The Balaban J connectivity index is 2.91. The predicted molar refractivity (Wildman–Crippen MR) is 58.9 cm³/mol. The Morgan fingerprint density at radius 3 is 3.07 bits per heavy atom. The van der Waals surface area contributed by atoms with Crippen LogP contribution in [0.5, 0.6) is 5.75 Å². The fraction of sp³-hybridized carbons (Fsp3) is 0.200. The van der Waals surface area contributed by atoms with E-state index in [-0.39, 0.29) is 6.54 Å². The lowest BCUT2D eigenvalue weighted by Crippen LogP contribution is -1.87. The molecule has 0 amide bonds.